The topological polar surface area (TPSA) is 254 Å². The SMILES string of the molecule is CCN[C@H](CCCN=C(N)N)C(=O)N[C@@H](Cc1c[nH]c(=S)n1C)C(=O)N[C@@H](CCCCN)C(=O)N[C@@H](Cc1ccccc1)C(N)=O. The van der Waals surface area contributed by atoms with E-state index in [1.54, 1.807) is 17.8 Å². The van der Waals surface area contributed by atoms with Gasteiger partial charge in [-0.3, -0.25) is 24.2 Å². The summed E-state index contributed by atoms with van der Waals surface area (Å²) >= 11 is 5.29. The minimum atomic E-state index is -1.07. The zero-order valence-corrected chi connectivity index (χ0v) is 27.4. The lowest BCUT2D eigenvalue weighted by atomic mass is 10.0. The van der Waals surface area contributed by atoms with Crippen molar-refractivity contribution in [3.8, 4) is 0 Å². The first-order valence-electron chi connectivity index (χ1n) is 15.4. The predicted octanol–water partition coefficient (Wildman–Crippen LogP) is -1.03. The normalized spacial score (nSPS) is 13.5. The number of amides is 4. The highest BCUT2D eigenvalue weighted by Crippen LogP contribution is 2.09. The summed E-state index contributed by atoms with van der Waals surface area (Å²) in [5.74, 6) is -2.29. The molecule has 0 spiro atoms. The number of primary amides is 1. The standard InChI is InChI=1S/C30H49N11O4S/c1-3-35-21(13-9-15-36-29(33)34)26(43)40-24(17-20-18-37-30(46)41(20)2)28(45)38-22(12-7-8-14-31)27(44)39-23(25(32)42)16-19-10-5-4-6-11-19/h4-6,10-11,18,21-24,35H,3,7-9,12-17,31H2,1-2H3,(H2,32,42)(H,37,46)(H,38,45)(H,39,44)(H,40,43)(H4,33,34,36)/t21-,22+,23+,24+/m1/s1. The van der Waals surface area contributed by atoms with Gasteiger partial charge in [-0.05, 0) is 63.0 Å². The van der Waals surface area contributed by atoms with E-state index in [9.17, 15) is 19.2 Å². The van der Waals surface area contributed by atoms with E-state index < -0.39 is 47.8 Å². The van der Waals surface area contributed by atoms with Gasteiger partial charge in [0.1, 0.15) is 18.1 Å². The van der Waals surface area contributed by atoms with Crippen LogP contribution in [0, 0.1) is 4.77 Å². The number of unbranched alkanes of at least 4 members (excludes halogenated alkanes) is 1. The largest absolute Gasteiger partial charge is 0.370 e. The molecule has 4 atom stereocenters. The Labute approximate surface area is 274 Å². The maximum Gasteiger partial charge on any atom is 0.243 e. The van der Waals surface area contributed by atoms with Crippen LogP contribution in [0.5, 0.6) is 0 Å². The molecule has 1 heterocycles. The Morgan fingerprint density at radius 1 is 0.870 bits per heavy atom. The van der Waals surface area contributed by atoms with Crippen LogP contribution in [0.2, 0.25) is 0 Å². The molecule has 0 bridgehead atoms. The monoisotopic (exact) mass is 659 g/mol. The van der Waals surface area contributed by atoms with Gasteiger partial charge in [0.2, 0.25) is 23.6 Å². The number of hydrogen-bond donors (Lipinski definition) is 9. The third-order valence-electron chi connectivity index (χ3n) is 7.38. The molecule has 15 nitrogen and oxygen atoms in total. The first-order chi connectivity index (χ1) is 22.0. The van der Waals surface area contributed by atoms with Crippen molar-refractivity contribution in [2.75, 3.05) is 19.6 Å². The zero-order chi connectivity index (χ0) is 34.1. The highest BCUT2D eigenvalue weighted by atomic mass is 32.1. The number of hydrogen-bond acceptors (Lipinski definition) is 8. The summed E-state index contributed by atoms with van der Waals surface area (Å²) < 4.78 is 2.14. The highest BCUT2D eigenvalue weighted by Gasteiger charge is 2.31. The number of nitrogens with two attached hydrogens (primary N) is 4. The quantitative estimate of drug-likeness (QED) is 0.0343. The van der Waals surface area contributed by atoms with Crippen LogP contribution < -0.4 is 44.2 Å². The van der Waals surface area contributed by atoms with Crippen molar-refractivity contribution in [1.29, 1.82) is 0 Å². The minimum Gasteiger partial charge on any atom is -0.370 e. The molecule has 46 heavy (non-hydrogen) atoms. The molecule has 1 aromatic carbocycles. The number of aromatic nitrogens is 2. The van der Waals surface area contributed by atoms with Crippen LogP contribution in [0.25, 0.3) is 0 Å². The van der Waals surface area contributed by atoms with E-state index in [2.05, 4.69) is 31.2 Å². The summed E-state index contributed by atoms with van der Waals surface area (Å²) in [4.78, 5) is 60.0. The Bertz CT molecular complexity index is 1360. The second-order valence-corrected chi connectivity index (χ2v) is 11.4. The second-order valence-electron chi connectivity index (χ2n) is 11.0. The minimum absolute atomic E-state index is 0.0334. The Morgan fingerprint density at radius 2 is 1.48 bits per heavy atom. The van der Waals surface area contributed by atoms with Gasteiger partial charge in [-0.25, -0.2) is 0 Å². The number of guanidine groups is 1. The molecule has 16 heteroatoms. The van der Waals surface area contributed by atoms with E-state index in [-0.39, 0.29) is 25.2 Å². The second kappa shape index (κ2) is 20.0. The van der Waals surface area contributed by atoms with E-state index >= 15 is 0 Å². The summed E-state index contributed by atoms with van der Waals surface area (Å²) in [6.07, 6.45) is 4.29. The smallest absolute Gasteiger partial charge is 0.243 e. The number of nitrogens with one attached hydrogen (secondary N) is 5. The first-order valence-corrected chi connectivity index (χ1v) is 15.8. The third kappa shape index (κ3) is 13.0. The fourth-order valence-corrected chi connectivity index (χ4v) is 4.99. The Morgan fingerprint density at radius 3 is 2.07 bits per heavy atom. The number of imidazole rings is 1. The molecular formula is C30H49N11O4S. The summed E-state index contributed by atoms with van der Waals surface area (Å²) in [6, 6.07) is 5.44. The van der Waals surface area contributed by atoms with Gasteiger partial charge in [-0.2, -0.15) is 0 Å². The van der Waals surface area contributed by atoms with Gasteiger partial charge in [-0.1, -0.05) is 37.3 Å². The Hall–Kier alpha value is -4.28. The molecule has 2 rings (SSSR count). The molecule has 0 fully saturated rings. The van der Waals surface area contributed by atoms with Crippen LogP contribution in [-0.2, 0) is 39.1 Å². The van der Waals surface area contributed by atoms with Gasteiger partial charge in [0.05, 0.1) is 6.04 Å². The van der Waals surface area contributed by atoms with Crippen LogP contribution in [0.15, 0.2) is 41.5 Å². The van der Waals surface area contributed by atoms with Crippen LogP contribution >= 0.6 is 12.2 Å². The van der Waals surface area contributed by atoms with Crippen LogP contribution in [0.1, 0.15) is 50.3 Å². The molecule has 1 aromatic heterocycles. The molecule has 0 aliphatic heterocycles. The molecule has 0 radical (unpaired) electrons. The lowest BCUT2D eigenvalue weighted by molar-refractivity contribution is -0.133. The fraction of sp³-hybridized carbons (Fsp3) is 0.533. The Balaban J connectivity index is 2.28. The number of nitrogens with zero attached hydrogens (tertiary/aromatic N) is 2. The van der Waals surface area contributed by atoms with Gasteiger partial charge < -0.3 is 53.8 Å². The molecule has 2 aromatic rings. The molecule has 0 saturated heterocycles. The average molecular weight is 660 g/mol. The maximum atomic E-state index is 13.8. The molecule has 0 aliphatic carbocycles. The first kappa shape index (κ1) is 37.9. The lowest BCUT2D eigenvalue weighted by Gasteiger charge is -2.26. The van der Waals surface area contributed by atoms with Crippen LogP contribution in [0.4, 0.5) is 0 Å². The molecule has 4 amide bonds. The van der Waals surface area contributed by atoms with E-state index in [4.69, 9.17) is 35.2 Å². The maximum absolute atomic E-state index is 13.8. The van der Waals surface area contributed by atoms with Crippen molar-refractivity contribution in [1.82, 2.24) is 30.8 Å². The molecule has 0 aliphatic rings. The summed E-state index contributed by atoms with van der Waals surface area (Å²) in [6.45, 7) is 3.13. The fourth-order valence-electron chi connectivity index (χ4n) is 4.81. The Kier molecular flexibility index (Phi) is 16.5. The predicted molar refractivity (Wildman–Crippen MR) is 180 cm³/mol. The molecule has 0 saturated carbocycles. The molecule has 254 valence electrons. The number of carbonyl (C=O) groups is 4. The third-order valence-corrected chi connectivity index (χ3v) is 7.77. The van der Waals surface area contributed by atoms with Gasteiger partial charge in [0, 0.05) is 38.3 Å². The zero-order valence-electron chi connectivity index (χ0n) is 26.6. The van der Waals surface area contributed by atoms with E-state index in [0.717, 1.165) is 5.56 Å². The van der Waals surface area contributed by atoms with Crippen molar-refractivity contribution >= 4 is 41.8 Å². The summed E-state index contributed by atoms with van der Waals surface area (Å²) in [5, 5.41) is 11.5. The number of rotatable bonds is 21. The van der Waals surface area contributed by atoms with E-state index in [1.165, 1.54) is 0 Å². The van der Waals surface area contributed by atoms with Crippen LogP contribution in [-0.4, -0.2) is 82.9 Å². The van der Waals surface area contributed by atoms with Gasteiger partial charge in [-0.15, -0.1) is 0 Å². The number of aliphatic imine (C=N–C) groups is 1. The number of H-pyrrole nitrogens is 1. The van der Waals surface area contributed by atoms with Crippen molar-refractivity contribution in [2.45, 2.75) is 76.0 Å². The van der Waals surface area contributed by atoms with Crippen molar-refractivity contribution in [3.05, 3.63) is 52.6 Å². The number of likely N-dealkylation sites (N-methyl/N-ethyl adjacent to an activating group) is 1. The lowest BCUT2D eigenvalue weighted by Crippen LogP contribution is -2.58. The van der Waals surface area contributed by atoms with Crippen LogP contribution in [0.3, 0.4) is 0 Å². The van der Waals surface area contributed by atoms with Crippen molar-refractivity contribution < 1.29 is 19.2 Å². The number of carbonyl (C=O) groups excluding carboxylic acids is 4. The van der Waals surface area contributed by atoms with Crippen molar-refractivity contribution in [3.63, 3.8) is 0 Å². The van der Waals surface area contributed by atoms with Gasteiger partial charge >= 0.3 is 0 Å². The highest BCUT2D eigenvalue weighted by molar-refractivity contribution is 7.71. The van der Waals surface area contributed by atoms with E-state index in [0.29, 0.717) is 55.8 Å². The van der Waals surface area contributed by atoms with E-state index in [1.807, 2.05) is 37.3 Å². The van der Waals surface area contributed by atoms with Gasteiger partial charge in [0.15, 0.2) is 10.7 Å². The summed E-state index contributed by atoms with van der Waals surface area (Å²) in [5.41, 5.74) is 23.6. The molecular weight excluding hydrogens is 610 g/mol. The summed E-state index contributed by atoms with van der Waals surface area (Å²) in [7, 11) is 1.75. The van der Waals surface area contributed by atoms with Crippen molar-refractivity contribution in [2.24, 2.45) is 35.0 Å². The average Bonchev–Trinajstić information content (AvgIpc) is 3.33. The van der Waals surface area contributed by atoms with Gasteiger partial charge in [0.25, 0.3) is 0 Å². The molecule has 0 unspecified atom stereocenters. The number of aromatic amines is 1. The number of benzene rings is 1. The molecule has 13 N–H and O–H groups in total.